The van der Waals surface area contributed by atoms with Crippen LogP contribution in [0.5, 0.6) is 11.5 Å². The van der Waals surface area contributed by atoms with Gasteiger partial charge in [-0.1, -0.05) is 0 Å². The van der Waals surface area contributed by atoms with Crippen LogP contribution in [-0.2, 0) is 0 Å². The molecule has 0 unspecified atom stereocenters. The predicted octanol–water partition coefficient (Wildman–Crippen LogP) is 2.52. The highest BCUT2D eigenvalue weighted by atomic mass is 79.9. The number of phenols is 2. The summed E-state index contributed by atoms with van der Waals surface area (Å²) in [4.78, 5) is 1.98. The minimum absolute atomic E-state index is 0. The second-order valence-electron chi connectivity index (χ2n) is 2.85. The standard InChI is InChI=1S/C10H15NO2.BrH/c1-3-11(4-2)9-7-8(12)5-6-10(9)13;/h5-7,12-13H,3-4H2,1-2H3;1H. The van der Waals surface area contributed by atoms with Crippen LogP contribution >= 0.6 is 17.0 Å². The number of hydrogen-bond donors (Lipinski definition) is 2. The molecular weight excluding hydrogens is 246 g/mol. The van der Waals surface area contributed by atoms with Gasteiger partial charge >= 0.3 is 0 Å². The average Bonchev–Trinajstić information content (AvgIpc) is 2.13. The van der Waals surface area contributed by atoms with Gasteiger partial charge in [-0.15, -0.1) is 17.0 Å². The largest absolute Gasteiger partial charge is 0.508 e. The summed E-state index contributed by atoms with van der Waals surface area (Å²) in [5.74, 6) is 0.390. The number of benzene rings is 1. The van der Waals surface area contributed by atoms with Crippen LogP contribution in [0.2, 0.25) is 0 Å². The number of halogens is 1. The first kappa shape index (κ1) is 13.1. The van der Waals surface area contributed by atoms with Crippen LogP contribution in [0.3, 0.4) is 0 Å². The molecule has 80 valence electrons. The number of hydrogen-bond acceptors (Lipinski definition) is 3. The zero-order valence-electron chi connectivity index (χ0n) is 8.40. The zero-order chi connectivity index (χ0) is 9.84. The molecule has 1 rings (SSSR count). The molecular formula is C10H16BrNO2. The molecule has 0 atom stereocenters. The lowest BCUT2D eigenvalue weighted by atomic mass is 10.2. The van der Waals surface area contributed by atoms with Gasteiger partial charge in [-0.3, -0.25) is 0 Å². The molecule has 0 saturated carbocycles. The first-order valence-electron chi connectivity index (χ1n) is 4.46. The first-order chi connectivity index (χ1) is 6.19. The summed E-state index contributed by atoms with van der Waals surface area (Å²) in [6.07, 6.45) is 0. The highest BCUT2D eigenvalue weighted by molar-refractivity contribution is 8.93. The molecule has 0 fully saturated rings. The molecule has 0 heterocycles. The van der Waals surface area contributed by atoms with E-state index in [1.54, 1.807) is 6.07 Å². The fourth-order valence-corrected chi connectivity index (χ4v) is 1.33. The highest BCUT2D eigenvalue weighted by Gasteiger charge is 2.07. The van der Waals surface area contributed by atoms with Crippen LogP contribution in [0.15, 0.2) is 18.2 Å². The van der Waals surface area contributed by atoms with Crippen molar-refractivity contribution in [3.8, 4) is 11.5 Å². The van der Waals surface area contributed by atoms with E-state index in [1.165, 1.54) is 12.1 Å². The molecule has 14 heavy (non-hydrogen) atoms. The van der Waals surface area contributed by atoms with Crippen molar-refractivity contribution in [1.29, 1.82) is 0 Å². The molecule has 0 bridgehead atoms. The maximum atomic E-state index is 9.51. The van der Waals surface area contributed by atoms with E-state index < -0.39 is 0 Å². The Labute approximate surface area is 94.8 Å². The summed E-state index contributed by atoms with van der Waals surface area (Å²) in [5, 5.41) is 18.8. The van der Waals surface area contributed by atoms with Crippen molar-refractivity contribution in [3.05, 3.63) is 18.2 Å². The van der Waals surface area contributed by atoms with Crippen molar-refractivity contribution in [2.45, 2.75) is 13.8 Å². The Kier molecular flexibility index (Phi) is 5.38. The fraction of sp³-hybridized carbons (Fsp3) is 0.400. The molecule has 0 spiro atoms. The Morgan fingerprint density at radius 1 is 1.14 bits per heavy atom. The lowest BCUT2D eigenvalue weighted by Crippen LogP contribution is -2.21. The predicted molar refractivity (Wildman–Crippen MR) is 63.7 cm³/mol. The van der Waals surface area contributed by atoms with Gasteiger partial charge in [0.05, 0.1) is 5.69 Å². The van der Waals surface area contributed by atoms with Crippen LogP contribution in [0.1, 0.15) is 13.8 Å². The maximum Gasteiger partial charge on any atom is 0.139 e. The smallest absolute Gasteiger partial charge is 0.139 e. The summed E-state index contributed by atoms with van der Waals surface area (Å²) < 4.78 is 0. The van der Waals surface area contributed by atoms with E-state index in [0.717, 1.165) is 13.1 Å². The Hall–Kier alpha value is -0.900. The van der Waals surface area contributed by atoms with Crippen LogP contribution in [-0.4, -0.2) is 23.3 Å². The summed E-state index contributed by atoms with van der Waals surface area (Å²) in [5.41, 5.74) is 0.685. The van der Waals surface area contributed by atoms with Gasteiger partial charge in [0.1, 0.15) is 11.5 Å². The Balaban J connectivity index is 0.00000169. The second kappa shape index (κ2) is 5.75. The SMILES string of the molecule is Br.CCN(CC)c1cc(O)ccc1O. The first-order valence-corrected chi connectivity index (χ1v) is 4.46. The molecule has 0 saturated heterocycles. The zero-order valence-corrected chi connectivity index (χ0v) is 10.1. The van der Waals surface area contributed by atoms with Gasteiger partial charge in [0.2, 0.25) is 0 Å². The molecule has 3 nitrogen and oxygen atoms in total. The van der Waals surface area contributed by atoms with Gasteiger partial charge in [-0.25, -0.2) is 0 Å². The summed E-state index contributed by atoms with van der Waals surface area (Å²) in [7, 11) is 0. The van der Waals surface area contributed by atoms with Crippen molar-refractivity contribution in [1.82, 2.24) is 0 Å². The minimum atomic E-state index is 0. The van der Waals surface area contributed by atoms with Gasteiger partial charge in [-0.2, -0.15) is 0 Å². The van der Waals surface area contributed by atoms with Crippen LogP contribution in [0.4, 0.5) is 5.69 Å². The van der Waals surface area contributed by atoms with Crippen LogP contribution < -0.4 is 4.90 Å². The van der Waals surface area contributed by atoms with E-state index in [1.807, 2.05) is 18.7 Å². The molecule has 0 aliphatic rings. The topological polar surface area (TPSA) is 43.7 Å². The molecule has 0 radical (unpaired) electrons. The Morgan fingerprint density at radius 2 is 1.71 bits per heavy atom. The Morgan fingerprint density at radius 3 is 2.21 bits per heavy atom. The molecule has 0 aliphatic heterocycles. The van der Waals surface area contributed by atoms with E-state index in [-0.39, 0.29) is 28.5 Å². The van der Waals surface area contributed by atoms with Gasteiger partial charge in [0.15, 0.2) is 0 Å². The summed E-state index contributed by atoms with van der Waals surface area (Å²) in [6.45, 7) is 5.64. The lowest BCUT2D eigenvalue weighted by molar-refractivity contribution is 0.459. The second-order valence-corrected chi connectivity index (χ2v) is 2.85. The molecule has 0 aliphatic carbocycles. The summed E-state index contributed by atoms with van der Waals surface area (Å²) in [6, 6.07) is 4.55. The number of aromatic hydroxyl groups is 2. The van der Waals surface area contributed by atoms with Crippen molar-refractivity contribution in [3.63, 3.8) is 0 Å². The molecule has 4 heteroatoms. The van der Waals surface area contributed by atoms with E-state index >= 15 is 0 Å². The number of rotatable bonds is 3. The molecule has 0 aromatic heterocycles. The molecule has 0 amide bonds. The lowest BCUT2D eigenvalue weighted by Gasteiger charge is -2.21. The third-order valence-electron chi connectivity index (χ3n) is 2.06. The van der Waals surface area contributed by atoms with Gasteiger partial charge in [0, 0.05) is 19.2 Å². The third-order valence-corrected chi connectivity index (χ3v) is 2.06. The Bertz CT molecular complexity index is 287. The third kappa shape index (κ3) is 2.80. The quantitative estimate of drug-likeness (QED) is 0.822. The molecule has 2 N–H and O–H groups in total. The number of nitrogens with zero attached hydrogens (tertiary/aromatic N) is 1. The van der Waals surface area contributed by atoms with Crippen molar-refractivity contribution in [2.24, 2.45) is 0 Å². The highest BCUT2D eigenvalue weighted by Crippen LogP contribution is 2.30. The molecule has 1 aromatic rings. The van der Waals surface area contributed by atoms with Gasteiger partial charge in [0.25, 0.3) is 0 Å². The number of anilines is 1. The molecule has 1 aromatic carbocycles. The van der Waals surface area contributed by atoms with E-state index in [4.69, 9.17) is 0 Å². The van der Waals surface area contributed by atoms with Gasteiger partial charge in [-0.05, 0) is 26.0 Å². The van der Waals surface area contributed by atoms with E-state index in [2.05, 4.69) is 0 Å². The van der Waals surface area contributed by atoms with Crippen LogP contribution in [0.25, 0.3) is 0 Å². The van der Waals surface area contributed by atoms with Gasteiger partial charge < -0.3 is 15.1 Å². The van der Waals surface area contributed by atoms with Crippen molar-refractivity contribution in [2.75, 3.05) is 18.0 Å². The maximum absolute atomic E-state index is 9.51. The normalized spacial score (nSPS) is 9.29. The van der Waals surface area contributed by atoms with Crippen LogP contribution in [0, 0.1) is 0 Å². The summed E-state index contributed by atoms with van der Waals surface area (Å²) >= 11 is 0. The average molecular weight is 262 g/mol. The fourth-order valence-electron chi connectivity index (χ4n) is 1.33. The van der Waals surface area contributed by atoms with E-state index in [0.29, 0.717) is 5.69 Å². The minimum Gasteiger partial charge on any atom is -0.508 e. The van der Waals surface area contributed by atoms with Crippen molar-refractivity contribution >= 4 is 22.7 Å². The van der Waals surface area contributed by atoms with Crippen molar-refractivity contribution < 1.29 is 10.2 Å². The number of phenolic OH excluding ortho intramolecular Hbond substituents is 2. The monoisotopic (exact) mass is 261 g/mol. The van der Waals surface area contributed by atoms with E-state index in [9.17, 15) is 10.2 Å².